The Bertz CT molecular complexity index is 995. The van der Waals surface area contributed by atoms with Gasteiger partial charge in [0, 0.05) is 12.0 Å². The molecule has 1 atom stereocenters. The molecule has 0 bridgehead atoms. The Balaban J connectivity index is 1.67. The minimum absolute atomic E-state index is 0.0216. The number of hydrogen-bond acceptors (Lipinski definition) is 4. The predicted molar refractivity (Wildman–Crippen MR) is 108 cm³/mol. The van der Waals surface area contributed by atoms with Crippen molar-refractivity contribution >= 4 is 5.97 Å². The summed E-state index contributed by atoms with van der Waals surface area (Å²) in [6.45, 7) is 2.57. The molecule has 0 N–H and O–H groups in total. The molecule has 3 aromatic rings. The summed E-state index contributed by atoms with van der Waals surface area (Å²) in [6.07, 6.45) is 0.786. The van der Waals surface area contributed by atoms with Gasteiger partial charge in [0.05, 0.1) is 18.8 Å². The lowest BCUT2D eigenvalue weighted by molar-refractivity contribution is 0.0600. The zero-order valence-electron chi connectivity index (χ0n) is 16.0. The zero-order valence-corrected chi connectivity index (χ0v) is 16.0. The van der Waals surface area contributed by atoms with Crippen LogP contribution in [0.1, 0.15) is 28.4 Å². The number of carbonyl (C=O) groups is 1. The van der Waals surface area contributed by atoms with E-state index in [1.165, 1.54) is 7.11 Å². The number of ether oxygens (including phenoxy) is 3. The molecule has 1 unspecified atom stereocenters. The molecule has 1 heterocycles. The highest BCUT2D eigenvalue weighted by molar-refractivity contribution is 5.92. The highest BCUT2D eigenvalue weighted by Crippen LogP contribution is 2.39. The van der Waals surface area contributed by atoms with Gasteiger partial charge >= 0.3 is 5.97 Å². The molecule has 142 valence electrons. The van der Waals surface area contributed by atoms with Gasteiger partial charge in [-0.25, -0.2) is 4.79 Å². The van der Waals surface area contributed by atoms with E-state index in [4.69, 9.17) is 14.2 Å². The van der Waals surface area contributed by atoms with Crippen LogP contribution in [0.15, 0.2) is 66.7 Å². The van der Waals surface area contributed by atoms with Crippen molar-refractivity contribution in [3.8, 4) is 22.6 Å². The van der Waals surface area contributed by atoms with Crippen LogP contribution in [0.4, 0.5) is 0 Å². The lowest BCUT2D eigenvalue weighted by Gasteiger charge is -2.13. The fourth-order valence-corrected chi connectivity index (χ4v) is 3.49. The van der Waals surface area contributed by atoms with Gasteiger partial charge in [0.15, 0.2) is 0 Å². The number of methoxy groups -OCH3 is 1. The van der Waals surface area contributed by atoms with Crippen molar-refractivity contribution < 1.29 is 19.0 Å². The summed E-state index contributed by atoms with van der Waals surface area (Å²) in [6, 6.07) is 21.6. The fraction of sp³-hybridized carbons (Fsp3) is 0.208. The fourth-order valence-electron chi connectivity index (χ4n) is 3.49. The second-order valence-corrected chi connectivity index (χ2v) is 6.93. The molecule has 1 aliphatic heterocycles. The van der Waals surface area contributed by atoms with Crippen molar-refractivity contribution in [2.75, 3.05) is 7.11 Å². The minimum Gasteiger partial charge on any atom is -0.490 e. The molecule has 0 radical (unpaired) electrons. The van der Waals surface area contributed by atoms with Crippen molar-refractivity contribution in [3.05, 3.63) is 83.4 Å². The molecule has 4 heteroatoms. The maximum atomic E-state index is 12.0. The molecule has 4 nitrogen and oxygen atoms in total. The van der Waals surface area contributed by atoms with E-state index in [9.17, 15) is 4.79 Å². The Labute approximate surface area is 164 Å². The Morgan fingerprint density at radius 1 is 1.04 bits per heavy atom. The molecule has 0 aliphatic carbocycles. The number of rotatable bonds is 4. The normalized spacial score (nSPS) is 14.9. The third kappa shape index (κ3) is 3.72. The van der Waals surface area contributed by atoms with E-state index in [1.54, 1.807) is 6.07 Å². The zero-order chi connectivity index (χ0) is 19.5. The highest BCUT2D eigenvalue weighted by atomic mass is 16.5. The lowest BCUT2D eigenvalue weighted by Crippen LogP contribution is -2.13. The summed E-state index contributed by atoms with van der Waals surface area (Å²) in [5, 5.41) is 0. The molecule has 0 saturated carbocycles. The number of hydrogen-bond donors (Lipinski definition) is 0. The first-order chi connectivity index (χ1) is 13.6. The monoisotopic (exact) mass is 374 g/mol. The van der Waals surface area contributed by atoms with E-state index in [-0.39, 0.29) is 12.1 Å². The molecular weight excluding hydrogens is 352 g/mol. The SMILES string of the molecule is COC(=O)c1ccc2c(c1)-c1ccc(OCc3ccccc3)cc1CC(C)O2. The maximum absolute atomic E-state index is 12.0. The number of benzene rings is 3. The van der Waals surface area contributed by atoms with E-state index in [2.05, 4.69) is 6.07 Å². The van der Waals surface area contributed by atoms with Gasteiger partial charge in [0.2, 0.25) is 0 Å². The average molecular weight is 374 g/mol. The van der Waals surface area contributed by atoms with Crippen molar-refractivity contribution in [3.63, 3.8) is 0 Å². The summed E-state index contributed by atoms with van der Waals surface area (Å²) in [5.41, 5.74) is 4.73. The quantitative estimate of drug-likeness (QED) is 0.600. The molecular formula is C24H22O4. The van der Waals surface area contributed by atoms with Gasteiger partial charge in [-0.1, -0.05) is 36.4 Å². The first-order valence-corrected chi connectivity index (χ1v) is 9.33. The molecule has 0 spiro atoms. The Kier molecular flexibility index (Phi) is 5.02. The molecule has 0 aromatic heterocycles. The van der Waals surface area contributed by atoms with Gasteiger partial charge in [0.25, 0.3) is 0 Å². The molecule has 28 heavy (non-hydrogen) atoms. The van der Waals surface area contributed by atoms with Gasteiger partial charge in [-0.15, -0.1) is 0 Å². The van der Waals surface area contributed by atoms with E-state index >= 15 is 0 Å². The Morgan fingerprint density at radius 3 is 2.64 bits per heavy atom. The second-order valence-electron chi connectivity index (χ2n) is 6.93. The van der Waals surface area contributed by atoms with Crippen LogP contribution in [-0.4, -0.2) is 19.2 Å². The number of esters is 1. The van der Waals surface area contributed by atoms with Gasteiger partial charge < -0.3 is 14.2 Å². The van der Waals surface area contributed by atoms with E-state index in [0.29, 0.717) is 12.2 Å². The van der Waals surface area contributed by atoms with Gasteiger partial charge in [-0.2, -0.15) is 0 Å². The summed E-state index contributed by atoms with van der Waals surface area (Å²) in [5.74, 6) is 1.24. The van der Waals surface area contributed by atoms with Crippen molar-refractivity contribution in [2.45, 2.75) is 26.1 Å². The van der Waals surface area contributed by atoms with Gasteiger partial charge in [-0.05, 0) is 53.9 Å². The third-order valence-corrected chi connectivity index (χ3v) is 4.85. The smallest absolute Gasteiger partial charge is 0.337 e. The average Bonchev–Trinajstić information content (AvgIpc) is 2.86. The summed E-state index contributed by atoms with van der Waals surface area (Å²) in [4.78, 5) is 12.0. The van der Waals surface area contributed by atoms with E-state index < -0.39 is 0 Å². The van der Waals surface area contributed by atoms with Crippen molar-refractivity contribution in [2.24, 2.45) is 0 Å². The standard InChI is InChI=1S/C24H22O4/c1-16-12-19-13-20(27-15-17-6-4-3-5-7-17)9-10-21(19)22-14-18(24(25)26-2)8-11-23(22)28-16/h3-11,13-14,16H,12,15H2,1-2H3. The molecule has 0 fully saturated rings. The van der Waals surface area contributed by atoms with Crippen LogP contribution in [0.2, 0.25) is 0 Å². The first kappa shape index (κ1) is 18.1. The van der Waals surface area contributed by atoms with Gasteiger partial charge in [-0.3, -0.25) is 0 Å². The van der Waals surface area contributed by atoms with Crippen LogP contribution in [0.3, 0.4) is 0 Å². The largest absolute Gasteiger partial charge is 0.490 e. The maximum Gasteiger partial charge on any atom is 0.337 e. The molecule has 0 saturated heterocycles. The van der Waals surface area contributed by atoms with Gasteiger partial charge in [0.1, 0.15) is 18.1 Å². The molecule has 3 aromatic carbocycles. The highest BCUT2D eigenvalue weighted by Gasteiger charge is 2.22. The Hall–Kier alpha value is -3.27. The van der Waals surface area contributed by atoms with Crippen molar-refractivity contribution in [1.82, 2.24) is 0 Å². The summed E-state index contributed by atoms with van der Waals surface area (Å²) < 4.78 is 16.9. The van der Waals surface area contributed by atoms with Crippen molar-refractivity contribution in [1.29, 1.82) is 0 Å². The van der Waals surface area contributed by atoms with Crippen LogP contribution in [-0.2, 0) is 17.8 Å². The summed E-state index contributed by atoms with van der Waals surface area (Å²) >= 11 is 0. The summed E-state index contributed by atoms with van der Waals surface area (Å²) in [7, 11) is 1.39. The molecule has 1 aliphatic rings. The number of carbonyl (C=O) groups excluding carboxylic acids is 1. The van der Waals surface area contributed by atoms with Crippen LogP contribution in [0, 0.1) is 0 Å². The lowest BCUT2D eigenvalue weighted by atomic mass is 9.95. The minimum atomic E-state index is -0.357. The Morgan fingerprint density at radius 2 is 1.86 bits per heavy atom. The topological polar surface area (TPSA) is 44.8 Å². The first-order valence-electron chi connectivity index (χ1n) is 9.33. The van der Waals surface area contributed by atoms with Crippen LogP contribution < -0.4 is 9.47 Å². The van der Waals surface area contributed by atoms with Crippen LogP contribution in [0.25, 0.3) is 11.1 Å². The van der Waals surface area contributed by atoms with E-state index in [1.807, 2.05) is 61.5 Å². The van der Waals surface area contributed by atoms with Crippen LogP contribution >= 0.6 is 0 Å². The van der Waals surface area contributed by atoms with Crippen LogP contribution in [0.5, 0.6) is 11.5 Å². The third-order valence-electron chi connectivity index (χ3n) is 4.85. The predicted octanol–water partition coefficient (Wildman–Crippen LogP) is 5.04. The van der Waals surface area contributed by atoms with E-state index in [0.717, 1.165) is 40.2 Å². The molecule has 4 rings (SSSR count). The molecule has 0 amide bonds. The number of fused-ring (bicyclic) bond motifs is 3. The second kappa shape index (κ2) is 7.77.